The van der Waals surface area contributed by atoms with Gasteiger partial charge in [0.2, 0.25) is 0 Å². The van der Waals surface area contributed by atoms with Gasteiger partial charge in [0.25, 0.3) is 0 Å². The number of alkyl halides is 1. The summed E-state index contributed by atoms with van der Waals surface area (Å²) in [7, 11) is 1.58. The van der Waals surface area contributed by atoms with Crippen LogP contribution in [0.25, 0.3) is 5.69 Å². The molecule has 19 heavy (non-hydrogen) atoms. The summed E-state index contributed by atoms with van der Waals surface area (Å²) in [5, 5.41) is 5.09. The zero-order valence-electron chi connectivity index (χ0n) is 10.6. The maximum atomic E-state index is 14.0. The van der Waals surface area contributed by atoms with Gasteiger partial charge in [-0.1, -0.05) is 15.9 Å². The van der Waals surface area contributed by atoms with Crippen LogP contribution in [0, 0.1) is 5.82 Å². The molecule has 3 nitrogen and oxygen atoms in total. The van der Waals surface area contributed by atoms with Crippen molar-refractivity contribution in [2.24, 2.45) is 0 Å². The lowest BCUT2D eigenvalue weighted by molar-refractivity contribution is 0.413. The minimum atomic E-state index is -0.285. The smallest absolute Gasteiger partial charge is 0.149 e. The zero-order valence-corrected chi connectivity index (χ0v) is 12.2. The molecule has 0 amide bonds. The van der Waals surface area contributed by atoms with Crippen LogP contribution in [0.1, 0.15) is 30.0 Å². The topological polar surface area (TPSA) is 27.1 Å². The Morgan fingerprint density at radius 3 is 2.89 bits per heavy atom. The third-order valence-corrected chi connectivity index (χ3v) is 3.98. The molecule has 0 aliphatic heterocycles. The summed E-state index contributed by atoms with van der Waals surface area (Å²) < 4.78 is 20.9. The number of hydrogen-bond donors (Lipinski definition) is 0. The van der Waals surface area contributed by atoms with Crippen LogP contribution in [0.2, 0.25) is 0 Å². The monoisotopic (exact) mass is 324 g/mol. The molecule has 1 aliphatic carbocycles. The predicted octanol–water partition coefficient (Wildman–Crippen LogP) is 3.79. The number of halogens is 2. The standard InChI is InChI=1S/C14H14BrFN2O/c1-19-11-4-5-12(16)13(6-11)18-14(9-2-3-9)10(7-15)8-17-18/h4-6,8-9H,2-3,7H2,1H3. The molecular formula is C14H14BrFN2O. The van der Waals surface area contributed by atoms with Gasteiger partial charge in [-0.2, -0.15) is 5.10 Å². The largest absolute Gasteiger partial charge is 0.497 e. The highest BCUT2D eigenvalue weighted by molar-refractivity contribution is 9.08. The van der Waals surface area contributed by atoms with Crippen LogP contribution in [0.3, 0.4) is 0 Å². The first kappa shape index (κ1) is 12.7. The molecule has 1 aromatic carbocycles. The molecule has 1 aromatic heterocycles. The fourth-order valence-corrected chi connectivity index (χ4v) is 2.69. The normalized spacial score (nSPS) is 14.7. The van der Waals surface area contributed by atoms with Crippen molar-refractivity contribution in [1.29, 1.82) is 0 Å². The Kier molecular flexibility index (Phi) is 3.31. The predicted molar refractivity (Wildman–Crippen MR) is 74.7 cm³/mol. The van der Waals surface area contributed by atoms with Crippen LogP contribution in [-0.4, -0.2) is 16.9 Å². The van der Waals surface area contributed by atoms with Gasteiger partial charge in [0, 0.05) is 22.9 Å². The lowest BCUT2D eigenvalue weighted by atomic mass is 10.2. The molecule has 1 fully saturated rings. The van der Waals surface area contributed by atoms with Crippen molar-refractivity contribution in [3.8, 4) is 11.4 Å². The van der Waals surface area contributed by atoms with Gasteiger partial charge in [0.05, 0.1) is 19.0 Å². The van der Waals surface area contributed by atoms with Crippen LogP contribution in [0.4, 0.5) is 4.39 Å². The van der Waals surface area contributed by atoms with Gasteiger partial charge < -0.3 is 4.74 Å². The summed E-state index contributed by atoms with van der Waals surface area (Å²) in [6, 6.07) is 4.72. The fraction of sp³-hybridized carbons (Fsp3) is 0.357. The van der Waals surface area contributed by atoms with Crippen LogP contribution in [0.15, 0.2) is 24.4 Å². The second-order valence-electron chi connectivity index (χ2n) is 4.69. The van der Waals surface area contributed by atoms with Crippen LogP contribution < -0.4 is 4.74 Å². The lowest BCUT2D eigenvalue weighted by Crippen LogP contribution is -2.05. The lowest BCUT2D eigenvalue weighted by Gasteiger charge is -2.10. The summed E-state index contributed by atoms with van der Waals surface area (Å²) in [6.07, 6.45) is 4.11. The van der Waals surface area contributed by atoms with E-state index in [1.807, 2.05) is 0 Å². The van der Waals surface area contributed by atoms with Crippen molar-refractivity contribution in [3.05, 3.63) is 41.5 Å². The van der Waals surface area contributed by atoms with Crippen molar-refractivity contribution in [2.75, 3.05) is 7.11 Å². The molecule has 1 heterocycles. The van der Waals surface area contributed by atoms with Gasteiger partial charge in [-0.05, 0) is 25.0 Å². The van der Waals surface area contributed by atoms with E-state index in [0.717, 1.165) is 29.4 Å². The SMILES string of the molecule is COc1ccc(F)c(-n2ncc(CBr)c2C2CC2)c1. The van der Waals surface area contributed by atoms with E-state index in [4.69, 9.17) is 4.74 Å². The molecule has 100 valence electrons. The second-order valence-corrected chi connectivity index (χ2v) is 5.25. The Hall–Kier alpha value is -1.36. The zero-order chi connectivity index (χ0) is 13.4. The van der Waals surface area contributed by atoms with Crippen molar-refractivity contribution >= 4 is 15.9 Å². The van der Waals surface area contributed by atoms with Gasteiger partial charge >= 0.3 is 0 Å². The number of methoxy groups -OCH3 is 1. The first-order valence-electron chi connectivity index (χ1n) is 6.21. The molecule has 0 unspecified atom stereocenters. The minimum Gasteiger partial charge on any atom is -0.497 e. The molecule has 2 aromatic rings. The third-order valence-electron chi connectivity index (χ3n) is 3.38. The Balaban J connectivity index is 2.13. The van der Waals surface area contributed by atoms with Gasteiger partial charge in [0.15, 0.2) is 0 Å². The van der Waals surface area contributed by atoms with Crippen molar-refractivity contribution in [1.82, 2.24) is 9.78 Å². The molecule has 0 saturated heterocycles. The van der Waals surface area contributed by atoms with E-state index in [1.165, 1.54) is 6.07 Å². The molecule has 0 spiro atoms. The number of rotatable bonds is 4. The van der Waals surface area contributed by atoms with Crippen molar-refractivity contribution < 1.29 is 9.13 Å². The number of benzene rings is 1. The maximum Gasteiger partial charge on any atom is 0.149 e. The number of aromatic nitrogens is 2. The number of ether oxygens (including phenoxy) is 1. The summed E-state index contributed by atoms with van der Waals surface area (Å²) in [5.74, 6) is 0.849. The minimum absolute atomic E-state index is 0.285. The van der Waals surface area contributed by atoms with Gasteiger partial charge in [0.1, 0.15) is 17.3 Å². The third kappa shape index (κ3) is 2.27. The van der Waals surface area contributed by atoms with Crippen molar-refractivity contribution in [3.63, 3.8) is 0 Å². The Morgan fingerprint density at radius 1 is 1.47 bits per heavy atom. The Labute approximate surface area is 119 Å². The number of hydrogen-bond acceptors (Lipinski definition) is 2. The van der Waals surface area contributed by atoms with Crippen LogP contribution >= 0.6 is 15.9 Å². The van der Waals surface area contributed by atoms with E-state index in [-0.39, 0.29) is 5.82 Å². The quantitative estimate of drug-likeness (QED) is 0.800. The highest BCUT2D eigenvalue weighted by Crippen LogP contribution is 2.43. The molecule has 5 heteroatoms. The second kappa shape index (κ2) is 4.96. The van der Waals surface area contributed by atoms with Crippen LogP contribution in [0.5, 0.6) is 5.75 Å². The molecule has 1 saturated carbocycles. The average molecular weight is 325 g/mol. The molecule has 1 aliphatic rings. The summed E-state index contributed by atoms with van der Waals surface area (Å²) >= 11 is 3.47. The van der Waals surface area contributed by atoms with Gasteiger partial charge in [-0.3, -0.25) is 0 Å². The highest BCUT2D eigenvalue weighted by Gasteiger charge is 2.31. The molecule has 3 rings (SSSR count). The van der Waals surface area contributed by atoms with E-state index < -0.39 is 0 Å². The Morgan fingerprint density at radius 2 is 2.26 bits per heavy atom. The highest BCUT2D eigenvalue weighted by atomic mass is 79.9. The van der Waals surface area contributed by atoms with Crippen LogP contribution in [-0.2, 0) is 5.33 Å². The summed E-state index contributed by atoms with van der Waals surface area (Å²) in [5.41, 5.74) is 2.70. The van der Waals surface area contributed by atoms with Crippen molar-refractivity contribution in [2.45, 2.75) is 24.1 Å². The summed E-state index contributed by atoms with van der Waals surface area (Å²) in [4.78, 5) is 0. The van der Waals surface area contributed by atoms with E-state index >= 15 is 0 Å². The fourth-order valence-electron chi connectivity index (χ4n) is 2.26. The van der Waals surface area contributed by atoms with E-state index in [9.17, 15) is 4.39 Å². The molecular weight excluding hydrogens is 311 g/mol. The first-order valence-corrected chi connectivity index (χ1v) is 7.33. The molecule has 0 N–H and O–H groups in total. The average Bonchev–Trinajstić information content (AvgIpc) is 3.19. The maximum absolute atomic E-state index is 14.0. The molecule has 0 atom stereocenters. The van der Waals surface area contributed by atoms with Gasteiger partial charge in [-0.25, -0.2) is 9.07 Å². The van der Waals surface area contributed by atoms with E-state index in [0.29, 0.717) is 17.4 Å². The van der Waals surface area contributed by atoms with E-state index in [2.05, 4.69) is 21.0 Å². The molecule has 0 bridgehead atoms. The summed E-state index contributed by atoms with van der Waals surface area (Å²) in [6.45, 7) is 0. The van der Waals surface area contributed by atoms with Gasteiger partial charge in [-0.15, -0.1) is 0 Å². The molecule has 0 radical (unpaired) electrons. The first-order chi connectivity index (χ1) is 9.24. The Bertz CT molecular complexity index is 607. The van der Waals surface area contributed by atoms with E-state index in [1.54, 1.807) is 30.1 Å². The number of nitrogens with zero attached hydrogens (tertiary/aromatic N) is 2.